The topological polar surface area (TPSA) is 37.8 Å². The lowest BCUT2D eigenvalue weighted by molar-refractivity contribution is 0.620. The van der Waals surface area contributed by atoms with E-state index in [2.05, 4.69) is 29.1 Å². The molecule has 0 saturated heterocycles. The van der Waals surface area contributed by atoms with Crippen LogP contribution in [-0.4, -0.2) is 17.0 Å². The molecule has 1 aromatic heterocycles. The third kappa shape index (κ3) is 2.49. The van der Waals surface area contributed by atoms with E-state index in [1.54, 1.807) is 0 Å². The van der Waals surface area contributed by atoms with E-state index in [0.717, 1.165) is 17.9 Å². The van der Waals surface area contributed by atoms with Crippen LogP contribution in [0.4, 0.5) is 5.69 Å². The Hall–Kier alpha value is -1.12. The summed E-state index contributed by atoms with van der Waals surface area (Å²) in [5.74, 6) is 1.54. The summed E-state index contributed by atoms with van der Waals surface area (Å²) in [6.07, 6.45) is 4.57. The minimum absolute atomic E-state index is 0.616. The Kier molecular flexibility index (Phi) is 3.02. The highest BCUT2D eigenvalue weighted by Gasteiger charge is 1.99. The first-order valence-electron chi connectivity index (χ1n) is 4.21. The van der Waals surface area contributed by atoms with Gasteiger partial charge in [0.05, 0.1) is 18.1 Å². The molecule has 0 amide bonds. The van der Waals surface area contributed by atoms with E-state index in [-0.39, 0.29) is 0 Å². The molecule has 0 atom stereocenters. The zero-order valence-electron chi connectivity index (χ0n) is 7.83. The SMILES string of the molecule is CNc1cnc(CC(C)C)nc1. The summed E-state index contributed by atoms with van der Waals surface area (Å²) in [5.41, 5.74) is 0.961. The third-order valence-corrected chi connectivity index (χ3v) is 1.58. The minimum Gasteiger partial charge on any atom is -0.386 e. The van der Waals surface area contributed by atoms with E-state index in [9.17, 15) is 0 Å². The smallest absolute Gasteiger partial charge is 0.128 e. The number of nitrogens with one attached hydrogen (secondary N) is 1. The van der Waals surface area contributed by atoms with Crippen molar-refractivity contribution in [3.8, 4) is 0 Å². The lowest BCUT2D eigenvalue weighted by Gasteiger charge is -2.03. The number of hydrogen-bond donors (Lipinski definition) is 1. The summed E-state index contributed by atoms with van der Waals surface area (Å²) in [5, 5.41) is 2.98. The van der Waals surface area contributed by atoms with Crippen LogP contribution in [0, 0.1) is 5.92 Å². The Morgan fingerprint density at radius 3 is 2.33 bits per heavy atom. The van der Waals surface area contributed by atoms with E-state index in [0.29, 0.717) is 5.92 Å². The Morgan fingerprint density at radius 1 is 1.33 bits per heavy atom. The first kappa shape index (κ1) is 8.97. The predicted molar refractivity (Wildman–Crippen MR) is 50.1 cm³/mol. The second kappa shape index (κ2) is 4.04. The molecular formula is C9H15N3. The lowest BCUT2D eigenvalue weighted by atomic mass is 10.1. The lowest BCUT2D eigenvalue weighted by Crippen LogP contribution is -2.01. The molecule has 0 aliphatic carbocycles. The number of nitrogens with zero attached hydrogens (tertiary/aromatic N) is 2. The van der Waals surface area contributed by atoms with Crippen molar-refractivity contribution in [3.05, 3.63) is 18.2 Å². The number of anilines is 1. The van der Waals surface area contributed by atoms with Gasteiger partial charge in [-0.3, -0.25) is 0 Å². The van der Waals surface area contributed by atoms with Crippen LogP contribution in [0.2, 0.25) is 0 Å². The van der Waals surface area contributed by atoms with E-state index in [1.807, 2.05) is 19.4 Å². The van der Waals surface area contributed by atoms with Gasteiger partial charge in [0.25, 0.3) is 0 Å². The normalized spacial score (nSPS) is 10.3. The average Bonchev–Trinajstić information content (AvgIpc) is 2.05. The van der Waals surface area contributed by atoms with Crippen LogP contribution in [0.3, 0.4) is 0 Å². The monoisotopic (exact) mass is 165 g/mol. The van der Waals surface area contributed by atoms with Crippen LogP contribution in [0.15, 0.2) is 12.4 Å². The predicted octanol–water partition coefficient (Wildman–Crippen LogP) is 1.72. The highest BCUT2D eigenvalue weighted by atomic mass is 14.9. The zero-order chi connectivity index (χ0) is 8.97. The van der Waals surface area contributed by atoms with Crippen molar-refractivity contribution in [1.29, 1.82) is 0 Å². The molecule has 1 rings (SSSR count). The second-order valence-electron chi connectivity index (χ2n) is 3.24. The maximum atomic E-state index is 4.22. The van der Waals surface area contributed by atoms with Crippen molar-refractivity contribution in [3.63, 3.8) is 0 Å². The summed E-state index contributed by atoms with van der Waals surface area (Å²) >= 11 is 0. The summed E-state index contributed by atoms with van der Waals surface area (Å²) in [6, 6.07) is 0. The quantitative estimate of drug-likeness (QED) is 0.741. The van der Waals surface area contributed by atoms with Gasteiger partial charge >= 0.3 is 0 Å². The highest BCUT2D eigenvalue weighted by Crippen LogP contribution is 2.05. The molecule has 0 radical (unpaired) electrons. The van der Waals surface area contributed by atoms with Crippen molar-refractivity contribution in [2.45, 2.75) is 20.3 Å². The fourth-order valence-electron chi connectivity index (χ4n) is 0.954. The first-order chi connectivity index (χ1) is 5.72. The van der Waals surface area contributed by atoms with Gasteiger partial charge in [0.2, 0.25) is 0 Å². The fraction of sp³-hybridized carbons (Fsp3) is 0.556. The molecule has 0 aromatic carbocycles. The van der Waals surface area contributed by atoms with Crippen molar-refractivity contribution in [1.82, 2.24) is 9.97 Å². The van der Waals surface area contributed by atoms with E-state index >= 15 is 0 Å². The largest absolute Gasteiger partial charge is 0.386 e. The van der Waals surface area contributed by atoms with Gasteiger partial charge in [-0.1, -0.05) is 13.8 Å². The maximum absolute atomic E-state index is 4.22. The number of aromatic nitrogens is 2. The van der Waals surface area contributed by atoms with Crippen molar-refractivity contribution >= 4 is 5.69 Å². The van der Waals surface area contributed by atoms with Crippen molar-refractivity contribution in [2.24, 2.45) is 5.92 Å². The summed E-state index contributed by atoms with van der Waals surface area (Å²) in [7, 11) is 1.86. The Morgan fingerprint density at radius 2 is 1.92 bits per heavy atom. The van der Waals surface area contributed by atoms with E-state index in [1.165, 1.54) is 0 Å². The van der Waals surface area contributed by atoms with Gasteiger partial charge in [-0.15, -0.1) is 0 Å². The third-order valence-electron chi connectivity index (χ3n) is 1.58. The summed E-state index contributed by atoms with van der Waals surface area (Å²) in [4.78, 5) is 8.43. The fourth-order valence-corrected chi connectivity index (χ4v) is 0.954. The van der Waals surface area contributed by atoms with Crippen LogP contribution < -0.4 is 5.32 Å². The molecule has 12 heavy (non-hydrogen) atoms. The molecule has 0 fully saturated rings. The minimum atomic E-state index is 0.616. The second-order valence-corrected chi connectivity index (χ2v) is 3.24. The van der Waals surface area contributed by atoms with Gasteiger partial charge in [0.15, 0.2) is 0 Å². The standard InChI is InChI=1S/C9H15N3/c1-7(2)4-9-11-5-8(10-3)6-12-9/h5-7,10H,4H2,1-3H3. The molecule has 3 heteroatoms. The molecular weight excluding hydrogens is 150 g/mol. The number of hydrogen-bond acceptors (Lipinski definition) is 3. The van der Waals surface area contributed by atoms with Gasteiger partial charge in [0.1, 0.15) is 5.82 Å². The van der Waals surface area contributed by atoms with E-state index < -0.39 is 0 Å². The molecule has 1 N–H and O–H groups in total. The summed E-state index contributed by atoms with van der Waals surface area (Å²) in [6.45, 7) is 4.32. The van der Waals surface area contributed by atoms with Crippen LogP contribution in [0.5, 0.6) is 0 Å². The molecule has 0 aliphatic rings. The van der Waals surface area contributed by atoms with Crippen LogP contribution in [0.1, 0.15) is 19.7 Å². The van der Waals surface area contributed by atoms with E-state index in [4.69, 9.17) is 0 Å². The molecule has 3 nitrogen and oxygen atoms in total. The van der Waals surface area contributed by atoms with Gasteiger partial charge in [-0.25, -0.2) is 9.97 Å². The van der Waals surface area contributed by atoms with Gasteiger partial charge in [-0.05, 0) is 5.92 Å². The Balaban J connectivity index is 2.65. The van der Waals surface area contributed by atoms with Crippen LogP contribution in [0.25, 0.3) is 0 Å². The molecule has 0 spiro atoms. The molecule has 66 valence electrons. The summed E-state index contributed by atoms with van der Waals surface area (Å²) < 4.78 is 0. The molecule has 0 aliphatic heterocycles. The van der Waals surface area contributed by atoms with Crippen molar-refractivity contribution in [2.75, 3.05) is 12.4 Å². The Bertz CT molecular complexity index is 228. The van der Waals surface area contributed by atoms with Gasteiger partial charge in [-0.2, -0.15) is 0 Å². The van der Waals surface area contributed by atoms with Gasteiger partial charge in [0, 0.05) is 13.5 Å². The molecule has 0 unspecified atom stereocenters. The number of rotatable bonds is 3. The molecule has 1 aromatic rings. The van der Waals surface area contributed by atoms with Gasteiger partial charge < -0.3 is 5.32 Å². The zero-order valence-corrected chi connectivity index (χ0v) is 7.83. The van der Waals surface area contributed by atoms with Crippen LogP contribution >= 0.6 is 0 Å². The van der Waals surface area contributed by atoms with Crippen LogP contribution in [-0.2, 0) is 6.42 Å². The van der Waals surface area contributed by atoms with Crippen molar-refractivity contribution < 1.29 is 0 Å². The average molecular weight is 165 g/mol. The maximum Gasteiger partial charge on any atom is 0.128 e. The Labute approximate surface area is 73.2 Å². The first-order valence-corrected chi connectivity index (χ1v) is 4.21. The molecule has 0 bridgehead atoms. The molecule has 1 heterocycles. The molecule has 0 saturated carbocycles. The highest BCUT2D eigenvalue weighted by molar-refractivity contribution is 5.36.